The number of hydrogen-bond donors (Lipinski definition) is 2. The first-order chi connectivity index (χ1) is 8.29. The van der Waals surface area contributed by atoms with Gasteiger partial charge < -0.3 is 10.4 Å². The van der Waals surface area contributed by atoms with Gasteiger partial charge in [-0.1, -0.05) is 19.4 Å². The maximum Gasteiger partial charge on any atom is 0.0586 e. The number of nitrogens with zero attached hydrogens (tertiary/aromatic N) is 1. The second-order valence-electron chi connectivity index (χ2n) is 5.56. The minimum Gasteiger partial charge on any atom is -0.395 e. The van der Waals surface area contributed by atoms with E-state index in [1.807, 2.05) is 0 Å². The molecule has 1 atom stereocenters. The number of hydrogen-bond acceptors (Lipinski definition) is 3. The lowest BCUT2D eigenvalue weighted by Gasteiger charge is -2.29. The Hall–Kier alpha value is -0.380. The van der Waals surface area contributed by atoms with Crippen molar-refractivity contribution in [2.45, 2.75) is 50.6 Å². The van der Waals surface area contributed by atoms with Crippen molar-refractivity contribution in [3.05, 3.63) is 12.2 Å². The number of likely N-dealkylation sites (tertiary alicyclic amines) is 1. The summed E-state index contributed by atoms with van der Waals surface area (Å²) in [6, 6.07) is 1.11. The van der Waals surface area contributed by atoms with Crippen LogP contribution in [0.25, 0.3) is 0 Å². The zero-order chi connectivity index (χ0) is 12.1. The standard InChI is InChI=1S/C14H26N2O/c1-12(9-15-13-6-7-13)10-16-8-4-2-3-5-14(16)11-17/h13-15,17H,1-11H2. The summed E-state index contributed by atoms with van der Waals surface area (Å²) in [5.74, 6) is 0. The highest BCUT2D eigenvalue weighted by Gasteiger charge is 2.22. The summed E-state index contributed by atoms with van der Waals surface area (Å²) < 4.78 is 0. The Morgan fingerprint density at radius 1 is 1.24 bits per heavy atom. The molecule has 0 aromatic rings. The summed E-state index contributed by atoms with van der Waals surface area (Å²) >= 11 is 0. The molecule has 0 aromatic heterocycles. The number of aliphatic hydroxyl groups excluding tert-OH is 1. The van der Waals surface area contributed by atoms with Crippen molar-refractivity contribution >= 4 is 0 Å². The average Bonchev–Trinajstić information content (AvgIpc) is 3.14. The molecule has 0 aromatic carbocycles. The van der Waals surface area contributed by atoms with E-state index >= 15 is 0 Å². The van der Waals surface area contributed by atoms with Crippen LogP contribution < -0.4 is 5.32 Å². The van der Waals surface area contributed by atoms with Gasteiger partial charge in [0.2, 0.25) is 0 Å². The van der Waals surface area contributed by atoms with Crippen molar-refractivity contribution < 1.29 is 5.11 Å². The smallest absolute Gasteiger partial charge is 0.0586 e. The third kappa shape index (κ3) is 4.41. The molecule has 2 rings (SSSR count). The lowest BCUT2D eigenvalue weighted by atomic mass is 10.1. The summed E-state index contributed by atoms with van der Waals surface area (Å²) in [6.07, 6.45) is 7.63. The van der Waals surface area contributed by atoms with Crippen molar-refractivity contribution in [3.63, 3.8) is 0 Å². The predicted octanol–water partition coefficient (Wildman–Crippen LogP) is 1.53. The van der Waals surface area contributed by atoms with E-state index in [9.17, 15) is 5.11 Å². The first-order valence-electron chi connectivity index (χ1n) is 7.04. The Morgan fingerprint density at radius 2 is 2.06 bits per heavy atom. The minimum atomic E-state index is 0.295. The molecule has 0 amide bonds. The number of rotatable bonds is 6. The molecule has 1 unspecified atom stereocenters. The van der Waals surface area contributed by atoms with Gasteiger partial charge in [0.1, 0.15) is 0 Å². The van der Waals surface area contributed by atoms with Crippen molar-refractivity contribution in [1.82, 2.24) is 10.2 Å². The van der Waals surface area contributed by atoms with Gasteiger partial charge in [-0.15, -0.1) is 0 Å². The molecule has 1 saturated carbocycles. The summed E-state index contributed by atoms with van der Waals surface area (Å²) in [5, 5.41) is 12.9. The molecule has 2 N–H and O–H groups in total. The Kier molecular flexibility index (Phi) is 5.01. The number of nitrogens with one attached hydrogen (secondary N) is 1. The third-order valence-corrected chi connectivity index (χ3v) is 3.85. The zero-order valence-electron chi connectivity index (χ0n) is 10.8. The molecule has 0 bridgehead atoms. The fraction of sp³-hybridized carbons (Fsp3) is 0.857. The number of aliphatic hydroxyl groups is 1. The molecule has 1 aliphatic carbocycles. The molecule has 3 heteroatoms. The molecule has 0 spiro atoms. The Labute approximate surface area is 105 Å². The van der Waals surface area contributed by atoms with Crippen LogP contribution in [0.4, 0.5) is 0 Å². The van der Waals surface area contributed by atoms with E-state index in [2.05, 4.69) is 16.8 Å². The minimum absolute atomic E-state index is 0.295. The van der Waals surface area contributed by atoms with Crippen LogP contribution in [0.1, 0.15) is 38.5 Å². The molecule has 17 heavy (non-hydrogen) atoms. The zero-order valence-corrected chi connectivity index (χ0v) is 10.8. The summed E-state index contributed by atoms with van der Waals surface area (Å²) in [7, 11) is 0. The monoisotopic (exact) mass is 238 g/mol. The van der Waals surface area contributed by atoms with Crippen molar-refractivity contribution in [2.75, 3.05) is 26.2 Å². The second kappa shape index (κ2) is 6.53. The van der Waals surface area contributed by atoms with Crippen LogP contribution in [0, 0.1) is 0 Å². The average molecular weight is 238 g/mol. The van der Waals surface area contributed by atoms with Crippen LogP contribution in [0.2, 0.25) is 0 Å². The topological polar surface area (TPSA) is 35.5 Å². The first kappa shape index (κ1) is 13.1. The fourth-order valence-electron chi connectivity index (χ4n) is 2.57. The largest absolute Gasteiger partial charge is 0.395 e. The second-order valence-corrected chi connectivity index (χ2v) is 5.56. The fourth-order valence-corrected chi connectivity index (χ4v) is 2.57. The SMILES string of the molecule is C=C(CNC1CC1)CN1CCCCCC1CO. The van der Waals surface area contributed by atoms with E-state index in [0.29, 0.717) is 12.6 Å². The van der Waals surface area contributed by atoms with E-state index < -0.39 is 0 Å². The van der Waals surface area contributed by atoms with Crippen LogP contribution in [-0.2, 0) is 0 Å². The van der Waals surface area contributed by atoms with Gasteiger partial charge in [-0.25, -0.2) is 0 Å². The highest BCUT2D eigenvalue weighted by atomic mass is 16.3. The van der Waals surface area contributed by atoms with Gasteiger partial charge in [0.05, 0.1) is 6.61 Å². The van der Waals surface area contributed by atoms with Crippen LogP contribution in [0.5, 0.6) is 0 Å². The quantitative estimate of drug-likeness (QED) is 0.689. The molecule has 2 aliphatic rings. The molecule has 1 saturated heterocycles. The Balaban J connectivity index is 1.74. The molecule has 3 nitrogen and oxygen atoms in total. The van der Waals surface area contributed by atoms with Crippen LogP contribution >= 0.6 is 0 Å². The molecular weight excluding hydrogens is 212 g/mol. The summed E-state index contributed by atoms with van der Waals surface area (Å²) in [5.41, 5.74) is 1.26. The highest BCUT2D eigenvalue weighted by Crippen LogP contribution is 2.20. The van der Waals surface area contributed by atoms with Crippen LogP contribution in [0.15, 0.2) is 12.2 Å². The Morgan fingerprint density at radius 3 is 2.76 bits per heavy atom. The predicted molar refractivity (Wildman–Crippen MR) is 71.1 cm³/mol. The van der Waals surface area contributed by atoms with Gasteiger partial charge >= 0.3 is 0 Å². The maximum atomic E-state index is 9.44. The van der Waals surface area contributed by atoms with Gasteiger partial charge in [0.25, 0.3) is 0 Å². The Bertz CT molecular complexity index is 251. The van der Waals surface area contributed by atoms with Gasteiger partial charge in [-0.2, -0.15) is 0 Å². The third-order valence-electron chi connectivity index (χ3n) is 3.85. The van der Waals surface area contributed by atoms with E-state index in [1.54, 1.807) is 0 Å². The van der Waals surface area contributed by atoms with E-state index in [4.69, 9.17) is 0 Å². The molecule has 1 heterocycles. The van der Waals surface area contributed by atoms with E-state index in [0.717, 1.165) is 32.1 Å². The lowest BCUT2D eigenvalue weighted by molar-refractivity contribution is 0.133. The maximum absolute atomic E-state index is 9.44. The molecule has 2 fully saturated rings. The van der Waals surface area contributed by atoms with Gasteiger partial charge in [-0.3, -0.25) is 4.90 Å². The highest BCUT2D eigenvalue weighted by molar-refractivity contribution is 5.02. The van der Waals surface area contributed by atoms with Crippen molar-refractivity contribution in [2.24, 2.45) is 0 Å². The van der Waals surface area contributed by atoms with Gasteiger partial charge in [-0.05, 0) is 37.8 Å². The molecule has 1 aliphatic heterocycles. The molecule has 0 radical (unpaired) electrons. The van der Waals surface area contributed by atoms with E-state index in [1.165, 1.54) is 37.7 Å². The lowest BCUT2D eigenvalue weighted by Crippen LogP contribution is -2.39. The molecule has 98 valence electrons. The van der Waals surface area contributed by atoms with Crippen molar-refractivity contribution in [1.29, 1.82) is 0 Å². The normalized spacial score (nSPS) is 26.8. The molecular formula is C14H26N2O. The van der Waals surface area contributed by atoms with Crippen LogP contribution in [-0.4, -0.2) is 48.3 Å². The first-order valence-corrected chi connectivity index (χ1v) is 7.04. The van der Waals surface area contributed by atoms with Gasteiger partial charge in [0.15, 0.2) is 0 Å². The van der Waals surface area contributed by atoms with Crippen molar-refractivity contribution in [3.8, 4) is 0 Å². The van der Waals surface area contributed by atoms with Crippen LogP contribution in [0.3, 0.4) is 0 Å². The van der Waals surface area contributed by atoms with Gasteiger partial charge in [0, 0.05) is 25.2 Å². The summed E-state index contributed by atoms with van der Waals surface area (Å²) in [6.45, 7) is 7.47. The summed E-state index contributed by atoms with van der Waals surface area (Å²) in [4.78, 5) is 2.42. The van der Waals surface area contributed by atoms with E-state index in [-0.39, 0.29) is 0 Å².